The molecular formula is C11H15ClF2N2O2S. The molecule has 8 heteroatoms. The van der Waals surface area contributed by atoms with Crippen LogP contribution in [-0.2, 0) is 10.0 Å². The van der Waals surface area contributed by atoms with Gasteiger partial charge in [-0.1, -0.05) is 0 Å². The number of halogens is 3. The van der Waals surface area contributed by atoms with Gasteiger partial charge >= 0.3 is 0 Å². The van der Waals surface area contributed by atoms with E-state index in [1.165, 1.54) is 4.31 Å². The van der Waals surface area contributed by atoms with E-state index in [1.807, 2.05) is 0 Å². The third-order valence-electron chi connectivity index (χ3n) is 3.04. The Morgan fingerprint density at radius 1 is 1.26 bits per heavy atom. The molecule has 19 heavy (non-hydrogen) atoms. The predicted molar refractivity (Wildman–Crippen MR) is 69.6 cm³/mol. The van der Waals surface area contributed by atoms with Gasteiger partial charge in [0.05, 0.1) is 4.90 Å². The fourth-order valence-electron chi connectivity index (χ4n) is 2.17. The van der Waals surface area contributed by atoms with Gasteiger partial charge in [-0.3, -0.25) is 0 Å². The fourth-order valence-corrected chi connectivity index (χ4v) is 3.92. The van der Waals surface area contributed by atoms with Crippen LogP contribution in [0.4, 0.5) is 8.78 Å². The van der Waals surface area contributed by atoms with Crippen molar-refractivity contribution in [1.82, 2.24) is 4.31 Å². The summed E-state index contributed by atoms with van der Waals surface area (Å²) >= 11 is 0. The van der Waals surface area contributed by atoms with Crippen molar-refractivity contribution in [2.24, 2.45) is 5.73 Å². The van der Waals surface area contributed by atoms with Gasteiger partial charge in [0.1, 0.15) is 11.6 Å². The highest BCUT2D eigenvalue weighted by molar-refractivity contribution is 7.89. The van der Waals surface area contributed by atoms with Crippen molar-refractivity contribution in [3.8, 4) is 0 Å². The zero-order chi connectivity index (χ0) is 13.3. The fraction of sp³-hybridized carbons (Fsp3) is 0.455. The number of rotatable bonds is 3. The van der Waals surface area contributed by atoms with E-state index in [1.54, 1.807) is 0 Å². The molecule has 1 aromatic rings. The van der Waals surface area contributed by atoms with Crippen molar-refractivity contribution < 1.29 is 17.2 Å². The summed E-state index contributed by atoms with van der Waals surface area (Å²) in [6, 6.07) is 2.00. The second-order valence-corrected chi connectivity index (χ2v) is 6.14. The van der Waals surface area contributed by atoms with E-state index in [0.29, 0.717) is 25.5 Å². The molecule has 0 aromatic heterocycles. The molecule has 1 saturated heterocycles. The molecule has 0 saturated carbocycles. The van der Waals surface area contributed by atoms with Crippen LogP contribution >= 0.6 is 12.4 Å². The van der Waals surface area contributed by atoms with Crippen molar-refractivity contribution in [1.29, 1.82) is 0 Å². The number of nitrogens with two attached hydrogens (primary N) is 1. The van der Waals surface area contributed by atoms with Crippen LogP contribution < -0.4 is 5.73 Å². The lowest BCUT2D eigenvalue weighted by molar-refractivity contribution is 0.392. The Bertz CT molecular complexity index is 533. The van der Waals surface area contributed by atoms with Crippen LogP contribution in [-0.4, -0.2) is 31.9 Å². The van der Waals surface area contributed by atoms with E-state index < -0.39 is 21.7 Å². The summed E-state index contributed by atoms with van der Waals surface area (Å²) in [7, 11) is -3.87. The van der Waals surface area contributed by atoms with Crippen LogP contribution in [0.15, 0.2) is 23.1 Å². The van der Waals surface area contributed by atoms with Crippen LogP contribution in [0.2, 0.25) is 0 Å². The van der Waals surface area contributed by atoms with Crippen LogP contribution in [0.3, 0.4) is 0 Å². The Morgan fingerprint density at radius 2 is 1.84 bits per heavy atom. The molecular weight excluding hydrogens is 298 g/mol. The quantitative estimate of drug-likeness (QED) is 0.920. The van der Waals surface area contributed by atoms with Gasteiger partial charge in [-0.15, -0.1) is 12.4 Å². The Labute approximate surface area is 117 Å². The average Bonchev–Trinajstić information content (AvgIpc) is 2.76. The van der Waals surface area contributed by atoms with Crippen molar-refractivity contribution in [3.05, 3.63) is 29.8 Å². The topological polar surface area (TPSA) is 63.4 Å². The van der Waals surface area contributed by atoms with Gasteiger partial charge in [-0.2, -0.15) is 4.31 Å². The van der Waals surface area contributed by atoms with E-state index >= 15 is 0 Å². The van der Waals surface area contributed by atoms with Crippen LogP contribution in [0.25, 0.3) is 0 Å². The number of hydrogen-bond donors (Lipinski definition) is 1. The lowest BCUT2D eigenvalue weighted by Crippen LogP contribution is -2.39. The summed E-state index contributed by atoms with van der Waals surface area (Å²) in [5.74, 6) is -1.81. The molecule has 1 aliphatic heterocycles. The van der Waals surface area contributed by atoms with E-state index in [-0.39, 0.29) is 29.9 Å². The van der Waals surface area contributed by atoms with Gasteiger partial charge in [0.25, 0.3) is 0 Å². The first-order chi connectivity index (χ1) is 8.45. The highest BCUT2D eigenvalue weighted by atomic mass is 35.5. The smallest absolute Gasteiger partial charge is 0.243 e. The molecule has 0 spiro atoms. The largest absolute Gasteiger partial charge is 0.329 e. The number of sulfonamides is 1. The Hall–Kier alpha value is -0.760. The van der Waals surface area contributed by atoms with E-state index in [4.69, 9.17) is 5.73 Å². The third-order valence-corrected chi connectivity index (χ3v) is 4.97. The maximum atomic E-state index is 13.1. The molecule has 2 rings (SSSR count). The molecule has 1 heterocycles. The summed E-state index contributed by atoms with van der Waals surface area (Å²) in [5, 5.41) is 0. The molecule has 1 atom stereocenters. The minimum atomic E-state index is -3.87. The van der Waals surface area contributed by atoms with Gasteiger partial charge in [0, 0.05) is 25.2 Å². The van der Waals surface area contributed by atoms with Gasteiger partial charge in [-0.05, 0) is 25.0 Å². The monoisotopic (exact) mass is 312 g/mol. The molecule has 1 aliphatic rings. The summed E-state index contributed by atoms with van der Waals surface area (Å²) < 4.78 is 51.9. The minimum absolute atomic E-state index is 0. The molecule has 1 fully saturated rings. The molecule has 0 radical (unpaired) electrons. The summed E-state index contributed by atoms with van der Waals surface area (Å²) in [5.41, 5.74) is 5.50. The molecule has 0 bridgehead atoms. The first kappa shape index (κ1) is 16.3. The van der Waals surface area contributed by atoms with Crippen molar-refractivity contribution in [2.45, 2.75) is 23.8 Å². The van der Waals surface area contributed by atoms with Crippen LogP contribution in [0.1, 0.15) is 12.8 Å². The number of hydrogen-bond acceptors (Lipinski definition) is 3. The van der Waals surface area contributed by atoms with Crippen molar-refractivity contribution in [2.75, 3.05) is 13.1 Å². The molecule has 0 aliphatic carbocycles. The molecule has 1 unspecified atom stereocenters. The maximum absolute atomic E-state index is 13.1. The summed E-state index contributed by atoms with van der Waals surface area (Å²) in [6.07, 6.45) is 1.38. The number of benzene rings is 1. The first-order valence-corrected chi connectivity index (χ1v) is 7.07. The van der Waals surface area contributed by atoms with E-state index in [2.05, 4.69) is 0 Å². The van der Waals surface area contributed by atoms with Crippen molar-refractivity contribution in [3.63, 3.8) is 0 Å². The second kappa shape index (κ2) is 6.13. The Balaban J connectivity index is 0.00000180. The van der Waals surface area contributed by atoms with Crippen molar-refractivity contribution >= 4 is 22.4 Å². The highest BCUT2D eigenvalue weighted by Crippen LogP contribution is 2.26. The van der Waals surface area contributed by atoms with Crippen LogP contribution in [0.5, 0.6) is 0 Å². The van der Waals surface area contributed by atoms with E-state index in [0.717, 1.165) is 12.1 Å². The lowest BCUT2D eigenvalue weighted by Gasteiger charge is -2.22. The van der Waals surface area contributed by atoms with Gasteiger partial charge in [0.2, 0.25) is 10.0 Å². The standard InChI is InChI=1S/C11H14F2N2O2S.ClH/c12-8-4-9(13)6-11(5-8)18(16,17)15-3-1-2-10(15)7-14;/h4-6,10H,1-3,7,14H2;1H. The zero-order valence-corrected chi connectivity index (χ0v) is 11.7. The van der Waals surface area contributed by atoms with Gasteiger partial charge in [0.15, 0.2) is 0 Å². The molecule has 108 valence electrons. The first-order valence-electron chi connectivity index (χ1n) is 5.63. The SMILES string of the molecule is Cl.NCC1CCCN1S(=O)(=O)c1cc(F)cc(F)c1. The predicted octanol–water partition coefficient (Wildman–Crippen LogP) is 1.50. The maximum Gasteiger partial charge on any atom is 0.243 e. The summed E-state index contributed by atoms with van der Waals surface area (Å²) in [6.45, 7) is 0.541. The molecule has 0 amide bonds. The normalized spacial score (nSPS) is 20.3. The average molecular weight is 313 g/mol. The lowest BCUT2D eigenvalue weighted by atomic mass is 10.2. The number of nitrogens with zero attached hydrogens (tertiary/aromatic N) is 1. The van der Waals surface area contributed by atoms with Gasteiger partial charge in [-0.25, -0.2) is 17.2 Å². The Morgan fingerprint density at radius 3 is 2.37 bits per heavy atom. The third kappa shape index (κ3) is 3.22. The molecule has 4 nitrogen and oxygen atoms in total. The second-order valence-electron chi connectivity index (χ2n) is 4.25. The zero-order valence-electron chi connectivity index (χ0n) is 10.1. The molecule has 1 aromatic carbocycles. The van der Waals surface area contributed by atoms with Crippen LogP contribution in [0, 0.1) is 11.6 Å². The highest BCUT2D eigenvalue weighted by Gasteiger charge is 2.34. The molecule has 2 N–H and O–H groups in total. The minimum Gasteiger partial charge on any atom is -0.329 e. The summed E-state index contributed by atoms with van der Waals surface area (Å²) in [4.78, 5) is -0.361. The van der Waals surface area contributed by atoms with Gasteiger partial charge < -0.3 is 5.73 Å². The Kier molecular flexibility index (Phi) is 5.26. The van der Waals surface area contributed by atoms with E-state index in [9.17, 15) is 17.2 Å².